The number of amides is 3. The maximum atomic E-state index is 13.8. The average molecular weight is 543 g/mol. The van der Waals surface area contributed by atoms with Gasteiger partial charge in [0.2, 0.25) is 5.91 Å². The first-order valence-electron chi connectivity index (χ1n) is 13.2. The number of methoxy groups -OCH3 is 1. The molecule has 2 heterocycles. The van der Waals surface area contributed by atoms with Gasteiger partial charge in [0.15, 0.2) is 11.5 Å². The van der Waals surface area contributed by atoms with Gasteiger partial charge in [0.05, 0.1) is 7.11 Å². The van der Waals surface area contributed by atoms with Gasteiger partial charge in [-0.15, -0.1) is 0 Å². The molecule has 4 rings (SSSR count). The predicted octanol–water partition coefficient (Wildman–Crippen LogP) is 2.74. The molecule has 0 fully saturated rings. The average Bonchev–Trinajstić information content (AvgIpc) is 3.25. The number of pyridine rings is 1. The Morgan fingerprint density at radius 1 is 0.950 bits per heavy atom. The summed E-state index contributed by atoms with van der Waals surface area (Å²) >= 11 is 0. The minimum Gasteiger partial charge on any atom is -0.453 e. The lowest BCUT2D eigenvalue weighted by Crippen LogP contribution is -2.48. The number of nitrogens with zero attached hydrogens (tertiary/aromatic N) is 3. The van der Waals surface area contributed by atoms with Gasteiger partial charge in [-0.1, -0.05) is 60.7 Å². The first kappa shape index (κ1) is 28.3. The van der Waals surface area contributed by atoms with E-state index in [0.717, 1.165) is 23.1 Å². The Bertz CT molecular complexity index is 1280. The lowest BCUT2D eigenvalue weighted by Gasteiger charge is -2.27. The Hall–Kier alpha value is -4.73. The lowest BCUT2D eigenvalue weighted by molar-refractivity contribution is -0.130. The highest BCUT2D eigenvalue weighted by atomic mass is 16.5. The lowest BCUT2D eigenvalue weighted by atomic mass is 9.83. The van der Waals surface area contributed by atoms with Crippen LogP contribution in [0.15, 0.2) is 90.2 Å². The number of hydrogen-bond acceptors (Lipinski definition) is 7. The third-order valence-corrected chi connectivity index (χ3v) is 6.84. The van der Waals surface area contributed by atoms with Crippen molar-refractivity contribution in [3.8, 4) is 0 Å². The summed E-state index contributed by atoms with van der Waals surface area (Å²) in [6.07, 6.45) is 5.02. The highest BCUT2D eigenvalue weighted by Crippen LogP contribution is 2.39. The van der Waals surface area contributed by atoms with E-state index in [9.17, 15) is 14.4 Å². The molecule has 3 amide bonds. The molecule has 0 saturated carbocycles. The van der Waals surface area contributed by atoms with Crippen molar-refractivity contribution in [2.24, 2.45) is 10.7 Å². The second kappa shape index (κ2) is 13.4. The van der Waals surface area contributed by atoms with Gasteiger partial charge in [-0.25, -0.2) is 9.79 Å². The summed E-state index contributed by atoms with van der Waals surface area (Å²) in [5.41, 5.74) is 7.48. The van der Waals surface area contributed by atoms with Crippen molar-refractivity contribution in [3.63, 3.8) is 0 Å². The topological polar surface area (TPSA) is 139 Å². The molecule has 10 heteroatoms. The van der Waals surface area contributed by atoms with Gasteiger partial charge in [0.25, 0.3) is 5.91 Å². The third kappa shape index (κ3) is 6.45. The fourth-order valence-corrected chi connectivity index (χ4v) is 4.77. The van der Waals surface area contributed by atoms with Gasteiger partial charge in [-0.2, -0.15) is 0 Å². The SMILES string of the molecule is COC(=O)NC(Cc1ccncc1)C(=O)NCCCCCN1C(=O)C(c2ccccc2)(c2ccccc2)N=C1N. The smallest absolute Gasteiger partial charge is 0.407 e. The van der Waals surface area contributed by atoms with Crippen LogP contribution < -0.4 is 16.4 Å². The number of nitrogens with two attached hydrogens (primary N) is 1. The maximum Gasteiger partial charge on any atom is 0.407 e. The molecule has 208 valence electrons. The molecular weight excluding hydrogens is 508 g/mol. The minimum atomic E-state index is -1.21. The standard InChI is InChI=1S/C30H34N6O4/c1-40-29(39)34-25(21-22-15-18-32-19-16-22)26(37)33-17-9-4-10-20-36-27(38)30(35-28(36)31,23-11-5-2-6-12-23)24-13-7-3-8-14-24/h2-3,5-8,11-16,18-19,25H,4,9-10,17,20-21H2,1H3,(H2,31,35)(H,33,37)(H,34,39). The summed E-state index contributed by atoms with van der Waals surface area (Å²) < 4.78 is 4.67. The summed E-state index contributed by atoms with van der Waals surface area (Å²) in [6.45, 7) is 0.835. The molecule has 1 unspecified atom stereocenters. The number of carbonyl (C=O) groups excluding carboxylic acids is 3. The second-order valence-corrected chi connectivity index (χ2v) is 9.47. The monoisotopic (exact) mass is 542 g/mol. The Morgan fingerprint density at radius 2 is 1.57 bits per heavy atom. The Balaban J connectivity index is 1.30. The molecule has 10 nitrogen and oxygen atoms in total. The molecule has 4 N–H and O–H groups in total. The quantitative estimate of drug-likeness (QED) is 0.301. The number of nitrogens with one attached hydrogen (secondary N) is 2. The van der Waals surface area contributed by atoms with E-state index >= 15 is 0 Å². The van der Waals surface area contributed by atoms with Gasteiger partial charge < -0.3 is 21.1 Å². The van der Waals surface area contributed by atoms with Crippen molar-refractivity contribution in [1.29, 1.82) is 0 Å². The summed E-state index contributed by atoms with van der Waals surface area (Å²) in [5, 5.41) is 5.46. The number of aliphatic imine (C=N–C) groups is 1. The molecule has 1 aromatic heterocycles. The maximum absolute atomic E-state index is 13.8. The Kier molecular flexibility index (Phi) is 9.45. The van der Waals surface area contributed by atoms with Gasteiger partial charge in [0, 0.05) is 31.9 Å². The molecular formula is C30H34N6O4. The number of benzene rings is 2. The zero-order valence-corrected chi connectivity index (χ0v) is 22.5. The third-order valence-electron chi connectivity index (χ3n) is 6.84. The molecule has 1 atom stereocenters. The number of guanidine groups is 1. The van der Waals surface area contributed by atoms with Gasteiger partial charge in [-0.3, -0.25) is 19.5 Å². The molecule has 0 radical (unpaired) electrons. The van der Waals surface area contributed by atoms with Crippen LogP contribution in [0.5, 0.6) is 0 Å². The van der Waals surface area contributed by atoms with Crippen LogP contribution in [0.1, 0.15) is 36.0 Å². The number of rotatable bonds is 12. The van der Waals surface area contributed by atoms with Gasteiger partial charge >= 0.3 is 6.09 Å². The second-order valence-electron chi connectivity index (χ2n) is 9.47. The van der Waals surface area contributed by atoms with Crippen molar-refractivity contribution in [3.05, 3.63) is 102 Å². The van der Waals surface area contributed by atoms with Crippen molar-refractivity contribution >= 4 is 23.9 Å². The number of alkyl carbamates (subject to hydrolysis) is 1. The van der Waals surface area contributed by atoms with Crippen LogP contribution in [0.4, 0.5) is 4.79 Å². The van der Waals surface area contributed by atoms with Crippen LogP contribution in [0, 0.1) is 0 Å². The molecule has 0 aliphatic carbocycles. The van der Waals surface area contributed by atoms with Crippen LogP contribution in [0.25, 0.3) is 0 Å². The van der Waals surface area contributed by atoms with Crippen molar-refractivity contribution in [2.75, 3.05) is 20.2 Å². The van der Waals surface area contributed by atoms with E-state index in [4.69, 9.17) is 10.7 Å². The Labute approximate surface area is 233 Å². The fraction of sp³-hybridized carbons (Fsp3) is 0.300. The van der Waals surface area contributed by atoms with Crippen molar-refractivity contribution in [2.45, 2.75) is 37.3 Å². The van der Waals surface area contributed by atoms with E-state index in [1.54, 1.807) is 29.4 Å². The van der Waals surface area contributed by atoms with Crippen LogP contribution in [0.3, 0.4) is 0 Å². The first-order chi connectivity index (χ1) is 19.5. The van der Waals surface area contributed by atoms with E-state index < -0.39 is 17.7 Å². The number of aromatic nitrogens is 1. The molecule has 1 aliphatic heterocycles. The molecule has 1 aliphatic rings. The fourth-order valence-electron chi connectivity index (χ4n) is 4.77. The van der Waals surface area contributed by atoms with E-state index in [1.165, 1.54) is 7.11 Å². The molecule has 2 aromatic carbocycles. The number of carbonyl (C=O) groups is 3. The van der Waals surface area contributed by atoms with E-state index in [-0.39, 0.29) is 17.8 Å². The Morgan fingerprint density at radius 3 is 2.17 bits per heavy atom. The number of ether oxygens (including phenoxy) is 1. The normalized spacial score (nSPS) is 14.8. The number of hydrogen-bond donors (Lipinski definition) is 3. The van der Waals surface area contributed by atoms with Crippen LogP contribution in [-0.2, 0) is 26.3 Å². The summed E-state index contributed by atoms with van der Waals surface area (Å²) in [6, 6.07) is 21.7. The minimum absolute atomic E-state index is 0.177. The van der Waals surface area contributed by atoms with E-state index in [1.807, 2.05) is 60.7 Å². The largest absolute Gasteiger partial charge is 0.453 e. The van der Waals surface area contributed by atoms with Gasteiger partial charge in [-0.05, 0) is 48.1 Å². The molecule has 0 saturated heterocycles. The van der Waals surface area contributed by atoms with E-state index in [0.29, 0.717) is 32.4 Å². The molecule has 0 spiro atoms. The first-order valence-corrected chi connectivity index (χ1v) is 13.2. The summed E-state index contributed by atoms with van der Waals surface area (Å²) in [7, 11) is 1.25. The highest BCUT2D eigenvalue weighted by Gasteiger charge is 2.50. The van der Waals surface area contributed by atoms with Crippen molar-refractivity contribution in [1.82, 2.24) is 20.5 Å². The predicted molar refractivity (Wildman–Crippen MR) is 151 cm³/mol. The zero-order chi connectivity index (χ0) is 28.4. The van der Waals surface area contributed by atoms with Crippen molar-refractivity contribution < 1.29 is 19.1 Å². The van der Waals surface area contributed by atoms with Crippen LogP contribution in [-0.4, -0.2) is 60.0 Å². The molecule has 0 bridgehead atoms. The van der Waals surface area contributed by atoms with Crippen LogP contribution in [0.2, 0.25) is 0 Å². The van der Waals surface area contributed by atoms with Gasteiger partial charge in [0.1, 0.15) is 6.04 Å². The molecule has 3 aromatic rings. The van der Waals surface area contributed by atoms with E-state index in [2.05, 4.69) is 20.4 Å². The summed E-state index contributed by atoms with van der Waals surface area (Å²) in [4.78, 5) is 48.6. The molecule has 40 heavy (non-hydrogen) atoms. The number of unbranched alkanes of at least 4 members (excludes halogenated alkanes) is 2. The zero-order valence-electron chi connectivity index (χ0n) is 22.5. The summed E-state index contributed by atoms with van der Waals surface area (Å²) in [5.74, 6) is -0.286. The highest BCUT2D eigenvalue weighted by molar-refractivity contribution is 6.09. The van der Waals surface area contributed by atoms with Crippen LogP contribution >= 0.6 is 0 Å².